The minimum atomic E-state index is 0.150. The van der Waals surface area contributed by atoms with Gasteiger partial charge < -0.3 is 4.90 Å². The molecular weight excluding hydrogens is 615 g/mol. The average Bonchev–Trinajstić information content (AvgIpc) is 3.38. The summed E-state index contributed by atoms with van der Waals surface area (Å²) < 4.78 is 0. The van der Waals surface area contributed by atoms with Crippen LogP contribution >= 0.6 is 0 Å². The Bertz CT molecular complexity index is 1980. The summed E-state index contributed by atoms with van der Waals surface area (Å²) in [7, 11) is 0. The standard InChI is InChI=1S/C50H59N/c1-46(2)19-21-48(5,6)44-29-36(14-17-42(44)46)51(37-15-18-43-45(30-37)49(7,8)22-20-47(43,3)4)35-13-16-41-39(28-35)38-11-9-10-12-40(38)50(41)33-24-31-23-32(26-33)27-34(50)25-31/h9-18,28-34H,19-27H2,1-8H3. The van der Waals surface area contributed by atoms with Gasteiger partial charge in [0.05, 0.1) is 0 Å². The molecule has 0 radical (unpaired) electrons. The topological polar surface area (TPSA) is 3.24 Å². The van der Waals surface area contributed by atoms with Gasteiger partial charge in [-0.3, -0.25) is 0 Å². The highest BCUT2D eigenvalue weighted by Crippen LogP contribution is 2.69. The van der Waals surface area contributed by atoms with Crippen molar-refractivity contribution >= 4 is 17.1 Å². The molecule has 0 saturated heterocycles. The van der Waals surface area contributed by atoms with E-state index in [4.69, 9.17) is 0 Å². The van der Waals surface area contributed by atoms with Crippen LogP contribution in [0.2, 0.25) is 0 Å². The number of fused-ring (bicyclic) bond motifs is 5. The molecule has 7 aliphatic carbocycles. The molecule has 1 nitrogen and oxygen atoms in total. The Morgan fingerprint density at radius 2 is 0.824 bits per heavy atom. The Labute approximate surface area is 308 Å². The SMILES string of the molecule is CC1(C)CCC(C)(C)c2cc(N(c3ccc4c(c3)-c3ccccc3C43C4CC5CC(C4)CC3C5)c3ccc4c(c3)C(C)(C)CCC4(C)C)ccc21. The van der Waals surface area contributed by atoms with Crippen molar-refractivity contribution in [2.75, 3.05) is 4.90 Å². The van der Waals surface area contributed by atoms with Crippen LogP contribution in [-0.2, 0) is 27.1 Å². The van der Waals surface area contributed by atoms with Gasteiger partial charge in [-0.15, -0.1) is 0 Å². The van der Waals surface area contributed by atoms with Gasteiger partial charge in [-0.1, -0.05) is 97.9 Å². The summed E-state index contributed by atoms with van der Waals surface area (Å²) in [4.78, 5) is 2.63. The second kappa shape index (κ2) is 10.4. The van der Waals surface area contributed by atoms with Crippen LogP contribution in [0.3, 0.4) is 0 Å². The van der Waals surface area contributed by atoms with Gasteiger partial charge in [0.2, 0.25) is 0 Å². The van der Waals surface area contributed by atoms with Crippen LogP contribution in [0.4, 0.5) is 17.1 Å². The second-order valence-corrected chi connectivity index (χ2v) is 20.8. The molecule has 1 spiro atoms. The van der Waals surface area contributed by atoms with E-state index in [-0.39, 0.29) is 27.1 Å². The minimum absolute atomic E-state index is 0.150. The normalized spacial score (nSPS) is 30.7. The molecule has 0 aromatic heterocycles. The first kappa shape index (κ1) is 32.3. The molecule has 11 rings (SSSR count). The Balaban J connectivity index is 1.19. The predicted octanol–water partition coefficient (Wildman–Crippen LogP) is 13.6. The van der Waals surface area contributed by atoms with Crippen molar-refractivity contribution < 1.29 is 0 Å². The lowest BCUT2D eigenvalue weighted by Crippen LogP contribution is -2.55. The van der Waals surface area contributed by atoms with E-state index in [2.05, 4.69) is 139 Å². The minimum Gasteiger partial charge on any atom is -0.310 e. The Hall–Kier alpha value is -3.32. The lowest BCUT2D eigenvalue weighted by Gasteiger charge is -2.61. The maximum atomic E-state index is 2.63. The highest BCUT2D eigenvalue weighted by Gasteiger charge is 2.61. The third-order valence-electron chi connectivity index (χ3n) is 16.0. The molecule has 4 fully saturated rings. The zero-order chi connectivity index (χ0) is 35.3. The van der Waals surface area contributed by atoms with Crippen LogP contribution < -0.4 is 4.90 Å². The monoisotopic (exact) mass is 673 g/mol. The van der Waals surface area contributed by atoms with E-state index in [1.54, 1.807) is 11.1 Å². The third-order valence-corrected chi connectivity index (χ3v) is 16.0. The first-order valence-electron chi connectivity index (χ1n) is 20.5. The zero-order valence-corrected chi connectivity index (χ0v) is 32.6. The summed E-state index contributed by atoms with van der Waals surface area (Å²) in [5.74, 6) is 3.49. The molecule has 0 heterocycles. The molecule has 0 amide bonds. The Morgan fingerprint density at radius 1 is 0.412 bits per heavy atom. The fourth-order valence-electron chi connectivity index (χ4n) is 13.2. The molecule has 4 saturated carbocycles. The van der Waals surface area contributed by atoms with Crippen LogP contribution in [0.25, 0.3) is 11.1 Å². The fourth-order valence-corrected chi connectivity index (χ4v) is 13.2. The highest BCUT2D eigenvalue weighted by atomic mass is 15.1. The molecule has 4 aromatic carbocycles. The fraction of sp³-hybridized carbons (Fsp3) is 0.520. The van der Waals surface area contributed by atoms with Gasteiger partial charge >= 0.3 is 0 Å². The maximum absolute atomic E-state index is 2.63. The summed E-state index contributed by atoms with van der Waals surface area (Å²) in [5, 5.41) is 0. The molecule has 0 aliphatic heterocycles. The molecular formula is C50H59N. The van der Waals surface area contributed by atoms with Crippen LogP contribution in [0, 0.1) is 23.7 Å². The van der Waals surface area contributed by atoms with Crippen molar-refractivity contribution in [1.29, 1.82) is 0 Å². The number of nitrogens with zero attached hydrogens (tertiary/aromatic N) is 1. The van der Waals surface area contributed by atoms with Gasteiger partial charge in [0, 0.05) is 22.5 Å². The number of hydrogen-bond acceptors (Lipinski definition) is 1. The van der Waals surface area contributed by atoms with E-state index >= 15 is 0 Å². The van der Waals surface area contributed by atoms with E-state index < -0.39 is 0 Å². The molecule has 0 N–H and O–H groups in total. The summed E-state index contributed by atoms with van der Waals surface area (Å²) >= 11 is 0. The smallest absolute Gasteiger partial charge is 0.0468 e. The van der Waals surface area contributed by atoms with E-state index in [9.17, 15) is 0 Å². The average molecular weight is 674 g/mol. The van der Waals surface area contributed by atoms with Crippen molar-refractivity contribution in [3.05, 3.63) is 112 Å². The second-order valence-electron chi connectivity index (χ2n) is 20.8. The third kappa shape index (κ3) is 4.45. The van der Waals surface area contributed by atoms with Crippen molar-refractivity contribution in [2.24, 2.45) is 23.7 Å². The number of anilines is 3. The molecule has 4 aromatic rings. The quantitative estimate of drug-likeness (QED) is 0.209. The summed E-state index contributed by atoms with van der Waals surface area (Å²) in [6, 6.07) is 32.3. The van der Waals surface area contributed by atoms with Crippen molar-refractivity contribution in [2.45, 2.75) is 140 Å². The number of rotatable bonds is 3. The van der Waals surface area contributed by atoms with E-state index in [0.717, 1.165) is 23.7 Å². The molecule has 4 bridgehead atoms. The predicted molar refractivity (Wildman–Crippen MR) is 215 cm³/mol. The van der Waals surface area contributed by atoms with Gasteiger partial charge in [0.25, 0.3) is 0 Å². The van der Waals surface area contributed by atoms with Crippen molar-refractivity contribution in [3.63, 3.8) is 0 Å². The van der Waals surface area contributed by atoms with Crippen LogP contribution in [0.1, 0.15) is 147 Å². The highest BCUT2D eigenvalue weighted by molar-refractivity contribution is 5.87. The van der Waals surface area contributed by atoms with Gasteiger partial charge in [-0.25, -0.2) is 0 Å². The van der Waals surface area contributed by atoms with E-state index in [1.807, 2.05) is 0 Å². The lowest BCUT2D eigenvalue weighted by molar-refractivity contribution is -0.0399. The molecule has 0 atom stereocenters. The van der Waals surface area contributed by atoms with Gasteiger partial charge in [0.1, 0.15) is 0 Å². The van der Waals surface area contributed by atoms with Crippen LogP contribution in [0.5, 0.6) is 0 Å². The molecule has 7 aliphatic rings. The maximum Gasteiger partial charge on any atom is 0.0468 e. The van der Waals surface area contributed by atoms with Crippen LogP contribution in [0.15, 0.2) is 78.9 Å². The first-order chi connectivity index (χ1) is 24.2. The molecule has 1 heteroatoms. The summed E-state index contributed by atoms with van der Waals surface area (Å²) in [6.45, 7) is 19.7. The lowest BCUT2D eigenvalue weighted by atomic mass is 9.43. The van der Waals surface area contributed by atoms with Crippen molar-refractivity contribution in [1.82, 2.24) is 0 Å². The zero-order valence-electron chi connectivity index (χ0n) is 32.6. The van der Waals surface area contributed by atoms with Gasteiger partial charge in [-0.05, 0) is 184 Å². The van der Waals surface area contributed by atoms with Gasteiger partial charge in [0.15, 0.2) is 0 Å². The largest absolute Gasteiger partial charge is 0.310 e. The van der Waals surface area contributed by atoms with Crippen LogP contribution in [-0.4, -0.2) is 0 Å². The first-order valence-corrected chi connectivity index (χ1v) is 20.5. The number of hydrogen-bond donors (Lipinski definition) is 0. The number of benzene rings is 4. The molecule has 264 valence electrons. The van der Waals surface area contributed by atoms with Gasteiger partial charge in [-0.2, -0.15) is 0 Å². The molecule has 51 heavy (non-hydrogen) atoms. The Morgan fingerprint density at radius 3 is 1.33 bits per heavy atom. The summed E-state index contributed by atoms with van der Waals surface area (Å²) in [6.07, 6.45) is 12.1. The summed E-state index contributed by atoms with van der Waals surface area (Å²) in [5.41, 5.74) is 17.2. The Kier molecular flexibility index (Phi) is 6.61. The van der Waals surface area contributed by atoms with E-state index in [0.29, 0.717) is 0 Å². The van der Waals surface area contributed by atoms with Crippen molar-refractivity contribution in [3.8, 4) is 11.1 Å². The van der Waals surface area contributed by atoms with E-state index in [1.165, 1.54) is 108 Å². The molecule has 0 unspecified atom stereocenters.